The van der Waals surface area contributed by atoms with E-state index in [0.29, 0.717) is 31.0 Å². The number of esters is 1. The first-order valence-electron chi connectivity index (χ1n) is 9.67. The fraction of sp³-hybridized carbons (Fsp3) is 0.409. The van der Waals surface area contributed by atoms with Crippen LogP contribution in [-0.2, 0) is 9.53 Å². The van der Waals surface area contributed by atoms with Gasteiger partial charge in [-0.1, -0.05) is 0 Å². The molecule has 156 valence electrons. The summed E-state index contributed by atoms with van der Waals surface area (Å²) in [6.45, 7) is 7.16. The van der Waals surface area contributed by atoms with Gasteiger partial charge in [0.2, 0.25) is 0 Å². The number of aryl methyl sites for hydroxylation is 1. The van der Waals surface area contributed by atoms with E-state index in [-0.39, 0.29) is 24.3 Å². The maximum Gasteiger partial charge on any atom is 0.307 e. The number of carbonyl (C=O) groups is 2. The fourth-order valence-electron chi connectivity index (χ4n) is 2.86. The van der Waals surface area contributed by atoms with E-state index in [1.165, 1.54) is 7.11 Å². The summed E-state index contributed by atoms with van der Waals surface area (Å²) in [6.07, 6.45) is 3.61. The molecule has 0 bridgehead atoms. The highest BCUT2D eigenvalue weighted by molar-refractivity contribution is 5.95. The van der Waals surface area contributed by atoms with Crippen LogP contribution in [0.1, 0.15) is 36.2 Å². The topological polar surface area (TPSA) is 80.8 Å². The third kappa shape index (κ3) is 7.10. The minimum Gasteiger partial charge on any atom is -0.492 e. The van der Waals surface area contributed by atoms with E-state index >= 15 is 0 Å². The van der Waals surface area contributed by atoms with Crippen LogP contribution in [-0.4, -0.2) is 54.6 Å². The number of pyridine rings is 1. The summed E-state index contributed by atoms with van der Waals surface area (Å²) in [5.41, 5.74) is 2.45. The Bertz CT molecular complexity index is 809. The number of anilines is 1. The number of carbonyl (C=O) groups excluding carboxylic acids is 2. The maximum atomic E-state index is 13.0. The Morgan fingerprint density at radius 3 is 2.55 bits per heavy atom. The van der Waals surface area contributed by atoms with Crippen LogP contribution >= 0.6 is 0 Å². The molecule has 0 aliphatic rings. The Balaban J connectivity index is 2.00. The van der Waals surface area contributed by atoms with Crippen molar-refractivity contribution in [3.05, 3.63) is 53.9 Å². The molecule has 7 heteroatoms. The van der Waals surface area contributed by atoms with Gasteiger partial charge in [-0.3, -0.25) is 14.6 Å². The van der Waals surface area contributed by atoms with E-state index in [2.05, 4.69) is 15.0 Å². The molecule has 1 heterocycles. The second-order valence-electron chi connectivity index (χ2n) is 6.96. The molecule has 7 nitrogen and oxygen atoms in total. The molecular formula is C22H29N3O4. The molecule has 1 aromatic carbocycles. The van der Waals surface area contributed by atoms with Gasteiger partial charge < -0.3 is 19.7 Å². The summed E-state index contributed by atoms with van der Waals surface area (Å²) in [5, 5.41) is 3.25. The predicted molar refractivity (Wildman–Crippen MR) is 112 cm³/mol. The minimum absolute atomic E-state index is 0.0402. The van der Waals surface area contributed by atoms with Gasteiger partial charge >= 0.3 is 5.97 Å². The number of rotatable bonds is 10. The molecular weight excluding hydrogens is 370 g/mol. The summed E-state index contributed by atoms with van der Waals surface area (Å²) in [4.78, 5) is 30.1. The fourth-order valence-corrected chi connectivity index (χ4v) is 2.86. The van der Waals surface area contributed by atoms with Crippen molar-refractivity contribution in [2.75, 3.05) is 32.1 Å². The monoisotopic (exact) mass is 399 g/mol. The molecule has 1 aromatic heterocycles. The lowest BCUT2D eigenvalue weighted by molar-refractivity contribution is -0.140. The largest absolute Gasteiger partial charge is 0.492 e. The number of nitrogens with one attached hydrogen (secondary N) is 1. The molecule has 0 atom stereocenters. The lowest BCUT2D eigenvalue weighted by Gasteiger charge is -2.26. The summed E-state index contributed by atoms with van der Waals surface area (Å²) in [6, 6.07) is 9.21. The van der Waals surface area contributed by atoms with Gasteiger partial charge in [0.05, 0.1) is 13.5 Å². The lowest BCUT2D eigenvalue weighted by Crippen LogP contribution is -2.38. The molecule has 1 amide bonds. The van der Waals surface area contributed by atoms with Crippen LogP contribution in [0, 0.1) is 6.92 Å². The number of aromatic nitrogens is 1. The number of hydrogen-bond donors (Lipinski definition) is 1. The van der Waals surface area contributed by atoms with Crippen LogP contribution in [0.5, 0.6) is 5.75 Å². The van der Waals surface area contributed by atoms with Gasteiger partial charge in [0.25, 0.3) is 5.91 Å². The average molecular weight is 399 g/mol. The first-order valence-corrected chi connectivity index (χ1v) is 9.67. The zero-order chi connectivity index (χ0) is 21.2. The number of nitrogens with zero attached hydrogens (tertiary/aromatic N) is 2. The number of methoxy groups -OCH3 is 1. The van der Waals surface area contributed by atoms with E-state index < -0.39 is 0 Å². The Hall–Kier alpha value is -3.09. The molecule has 0 aliphatic heterocycles. The summed E-state index contributed by atoms with van der Waals surface area (Å²) in [7, 11) is 1.34. The van der Waals surface area contributed by atoms with Crippen molar-refractivity contribution in [3.8, 4) is 5.75 Å². The maximum absolute atomic E-state index is 13.0. The van der Waals surface area contributed by atoms with Gasteiger partial charge in [-0.2, -0.15) is 0 Å². The van der Waals surface area contributed by atoms with Crippen LogP contribution in [0.15, 0.2) is 42.7 Å². The highest BCUT2D eigenvalue weighted by Gasteiger charge is 2.20. The van der Waals surface area contributed by atoms with E-state index in [9.17, 15) is 9.59 Å². The third-order valence-electron chi connectivity index (χ3n) is 4.35. The van der Waals surface area contributed by atoms with Gasteiger partial charge in [0.15, 0.2) is 0 Å². The first-order chi connectivity index (χ1) is 13.9. The first kappa shape index (κ1) is 22.2. The molecule has 0 fully saturated rings. The van der Waals surface area contributed by atoms with Gasteiger partial charge in [0.1, 0.15) is 12.4 Å². The molecule has 0 spiro atoms. The summed E-state index contributed by atoms with van der Waals surface area (Å²) in [5.74, 6) is 0.173. The van der Waals surface area contributed by atoms with Crippen molar-refractivity contribution < 1.29 is 19.1 Å². The van der Waals surface area contributed by atoms with Crippen molar-refractivity contribution in [2.24, 2.45) is 0 Å². The zero-order valence-corrected chi connectivity index (χ0v) is 17.5. The van der Waals surface area contributed by atoms with Crippen molar-refractivity contribution in [1.82, 2.24) is 9.88 Å². The summed E-state index contributed by atoms with van der Waals surface area (Å²) < 4.78 is 10.5. The van der Waals surface area contributed by atoms with Crippen LogP contribution in [0.25, 0.3) is 0 Å². The van der Waals surface area contributed by atoms with Gasteiger partial charge in [-0.15, -0.1) is 0 Å². The average Bonchev–Trinajstić information content (AvgIpc) is 2.71. The van der Waals surface area contributed by atoms with Crippen LogP contribution < -0.4 is 10.1 Å². The molecule has 1 N–H and O–H groups in total. The normalized spacial score (nSPS) is 10.5. The van der Waals surface area contributed by atoms with Crippen LogP contribution in [0.3, 0.4) is 0 Å². The SMILES string of the molecule is COC(=O)CCN(C(=O)c1cc(C)cc(OCCNc2ccncc2)c1)C(C)C. The zero-order valence-electron chi connectivity index (χ0n) is 17.5. The highest BCUT2D eigenvalue weighted by Crippen LogP contribution is 2.19. The Labute approximate surface area is 172 Å². The van der Waals surface area contributed by atoms with Gasteiger partial charge in [-0.25, -0.2) is 0 Å². The Kier molecular flexibility index (Phi) is 8.45. The molecule has 2 rings (SSSR count). The summed E-state index contributed by atoms with van der Waals surface area (Å²) >= 11 is 0. The van der Waals surface area contributed by atoms with Gasteiger partial charge in [0, 0.05) is 42.8 Å². The Morgan fingerprint density at radius 1 is 1.17 bits per heavy atom. The van der Waals surface area contributed by atoms with E-state index in [1.807, 2.05) is 45.0 Å². The van der Waals surface area contributed by atoms with Crippen molar-refractivity contribution >= 4 is 17.6 Å². The molecule has 0 saturated heterocycles. The second-order valence-corrected chi connectivity index (χ2v) is 6.96. The van der Waals surface area contributed by atoms with E-state index in [4.69, 9.17) is 4.74 Å². The number of amides is 1. The standard InChI is InChI=1S/C22H29N3O4/c1-16(2)25(11-7-21(26)28-4)22(27)18-13-17(3)14-20(15-18)29-12-10-24-19-5-8-23-9-6-19/h5-6,8-9,13-16H,7,10-12H2,1-4H3,(H,23,24). The Morgan fingerprint density at radius 2 is 1.90 bits per heavy atom. The molecule has 29 heavy (non-hydrogen) atoms. The quantitative estimate of drug-likeness (QED) is 0.488. The number of hydrogen-bond acceptors (Lipinski definition) is 6. The molecule has 0 radical (unpaired) electrons. The van der Waals surface area contributed by atoms with Crippen molar-refractivity contribution in [1.29, 1.82) is 0 Å². The van der Waals surface area contributed by atoms with E-state index in [0.717, 1.165) is 11.3 Å². The molecule has 0 unspecified atom stereocenters. The number of benzene rings is 1. The molecule has 2 aromatic rings. The number of ether oxygens (including phenoxy) is 2. The van der Waals surface area contributed by atoms with Gasteiger partial charge in [-0.05, 0) is 56.7 Å². The highest BCUT2D eigenvalue weighted by atomic mass is 16.5. The van der Waals surface area contributed by atoms with Crippen LogP contribution in [0.4, 0.5) is 5.69 Å². The minimum atomic E-state index is -0.335. The van der Waals surface area contributed by atoms with E-state index in [1.54, 1.807) is 23.4 Å². The van der Waals surface area contributed by atoms with Crippen LogP contribution in [0.2, 0.25) is 0 Å². The lowest BCUT2D eigenvalue weighted by atomic mass is 10.1. The molecule has 0 aliphatic carbocycles. The van der Waals surface area contributed by atoms with Crippen molar-refractivity contribution in [3.63, 3.8) is 0 Å². The smallest absolute Gasteiger partial charge is 0.307 e. The third-order valence-corrected chi connectivity index (χ3v) is 4.35. The molecule has 0 saturated carbocycles. The second kappa shape index (κ2) is 11.0. The van der Waals surface area contributed by atoms with Crippen molar-refractivity contribution in [2.45, 2.75) is 33.2 Å². The predicted octanol–water partition coefficient (Wildman–Crippen LogP) is 3.29.